The normalized spacial score (nSPS) is 2.00. The molecule has 0 aromatic heterocycles. The first-order valence-corrected chi connectivity index (χ1v) is 0.428. The lowest BCUT2D eigenvalue weighted by Crippen LogP contribution is -1.13. The van der Waals surface area contributed by atoms with Crippen LogP contribution in [0, 0.1) is 0 Å². The predicted molar refractivity (Wildman–Crippen MR) is 15.8 cm³/mol. The van der Waals surface area contributed by atoms with Crippen molar-refractivity contribution in [2.45, 2.75) is 7.43 Å². The standard InChI is InChI=1S/CNO.CH4/c2-1-3;/h;1H4/q-1;. The van der Waals surface area contributed by atoms with E-state index in [2.05, 4.69) is 0 Å². The first-order chi connectivity index (χ1) is 1.41. The molecule has 0 spiro atoms. The monoisotopic (exact) mass is 58.0 g/mol. The van der Waals surface area contributed by atoms with E-state index in [9.17, 15) is 0 Å². The van der Waals surface area contributed by atoms with Gasteiger partial charge < -0.3 is 5.41 Å². The Morgan fingerprint density at radius 1 is 1.75 bits per heavy atom. The molecule has 0 aliphatic heterocycles. The van der Waals surface area contributed by atoms with Gasteiger partial charge in [-0.25, -0.2) is 0 Å². The van der Waals surface area contributed by atoms with Crippen LogP contribution in [0.3, 0.4) is 0 Å². The van der Waals surface area contributed by atoms with Crippen molar-refractivity contribution >= 4 is 6.08 Å². The Bertz CT molecular complexity index is 27.0. The third-order valence-corrected chi connectivity index (χ3v) is 0. The van der Waals surface area contributed by atoms with Crippen molar-refractivity contribution in [3.63, 3.8) is 0 Å². The lowest BCUT2D eigenvalue weighted by molar-refractivity contribution is 0.569. The van der Waals surface area contributed by atoms with E-state index in [0.717, 1.165) is 0 Å². The SMILES string of the molecule is C.[N-]=C=O. The summed E-state index contributed by atoms with van der Waals surface area (Å²) in [7, 11) is 0. The highest BCUT2D eigenvalue weighted by Gasteiger charge is 0.791. The fourth-order valence-corrected chi connectivity index (χ4v) is 0. The van der Waals surface area contributed by atoms with Crippen molar-refractivity contribution in [2.24, 2.45) is 0 Å². The number of carbonyl (C=O) groups excluding carboxylic acids is 1. The van der Waals surface area contributed by atoms with Crippen molar-refractivity contribution in [2.75, 3.05) is 0 Å². The zero-order valence-corrected chi connectivity index (χ0v) is 1.36. The molecular weight excluding hydrogens is 54.0 g/mol. The Balaban J connectivity index is 0. The number of rotatable bonds is 0. The molecule has 0 rings (SSSR count). The van der Waals surface area contributed by atoms with Crippen molar-refractivity contribution in [1.29, 1.82) is 0 Å². The molecule has 2 heteroatoms. The maximum absolute atomic E-state index is 8.24. The largest absolute Gasteiger partial charge is 0.724 e. The molecule has 0 saturated carbocycles. The van der Waals surface area contributed by atoms with Gasteiger partial charge in [-0.3, -0.25) is 4.79 Å². The lowest BCUT2D eigenvalue weighted by atomic mass is 11.7. The van der Waals surface area contributed by atoms with Crippen molar-refractivity contribution in [1.82, 2.24) is 0 Å². The summed E-state index contributed by atoms with van der Waals surface area (Å²) in [6, 6.07) is 0. The number of hydrogen-bond acceptors (Lipinski definition) is 1. The highest BCUT2D eigenvalue weighted by molar-refractivity contribution is 5.36. The average Bonchev–Trinajstić information content (AvgIpc) is 0.918. The molecule has 4 heavy (non-hydrogen) atoms. The van der Waals surface area contributed by atoms with Gasteiger partial charge in [0.25, 0.3) is 0 Å². The van der Waals surface area contributed by atoms with Crippen molar-refractivity contribution < 1.29 is 4.79 Å². The van der Waals surface area contributed by atoms with E-state index in [4.69, 9.17) is 10.2 Å². The summed E-state index contributed by atoms with van der Waals surface area (Å²) in [6.45, 7) is 0. The third-order valence-electron chi connectivity index (χ3n) is 0. The van der Waals surface area contributed by atoms with Crippen LogP contribution in [0.5, 0.6) is 0 Å². The van der Waals surface area contributed by atoms with Crippen LogP contribution in [0.2, 0.25) is 0 Å². The number of isocyanates is 1. The minimum Gasteiger partial charge on any atom is -0.724 e. The summed E-state index contributed by atoms with van der Waals surface area (Å²) >= 11 is 0. The zero-order valence-electron chi connectivity index (χ0n) is 1.36. The van der Waals surface area contributed by atoms with Crippen LogP contribution in [0.4, 0.5) is 0 Å². The smallest absolute Gasteiger partial charge is 0.0159 e. The highest BCUT2D eigenvalue weighted by atomic mass is 16.1. The Hall–Kier alpha value is -0.620. The Morgan fingerprint density at radius 3 is 1.75 bits per heavy atom. The first kappa shape index (κ1) is 10.1. The average molecular weight is 58.1 g/mol. The van der Waals surface area contributed by atoms with Crippen molar-refractivity contribution in [3.8, 4) is 0 Å². The molecule has 0 N–H and O–H groups in total. The van der Waals surface area contributed by atoms with Crippen LogP contribution < -0.4 is 0 Å². The van der Waals surface area contributed by atoms with Gasteiger partial charge in [-0.05, 0) is 6.08 Å². The van der Waals surface area contributed by atoms with Gasteiger partial charge in [-0.15, -0.1) is 0 Å². The van der Waals surface area contributed by atoms with Crippen LogP contribution in [0.25, 0.3) is 5.41 Å². The third kappa shape index (κ3) is 0.518. The molecule has 0 aliphatic rings. The summed E-state index contributed by atoms with van der Waals surface area (Å²) in [5.41, 5.74) is 0. The van der Waals surface area contributed by atoms with Gasteiger partial charge in [0.1, 0.15) is 0 Å². The van der Waals surface area contributed by atoms with Gasteiger partial charge in [-0.2, -0.15) is 0 Å². The van der Waals surface area contributed by atoms with Gasteiger partial charge in [-0.1, -0.05) is 7.43 Å². The summed E-state index contributed by atoms with van der Waals surface area (Å²) in [4.78, 5) is 8.24. The molecule has 0 amide bonds. The van der Waals surface area contributed by atoms with Crippen molar-refractivity contribution in [3.05, 3.63) is 5.41 Å². The predicted octanol–water partition coefficient (Wildman–Crippen LogP) is 0.528. The van der Waals surface area contributed by atoms with E-state index >= 15 is 0 Å². The first-order valence-electron chi connectivity index (χ1n) is 0.428. The van der Waals surface area contributed by atoms with Crippen LogP contribution in [-0.4, -0.2) is 6.08 Å². The number of hydrogen-bond donors (Lipinski definition) is 0. The van der Waals surface area contributed by atoms with Crippen LogP contribution in [0.15, 0.2) is 0 Å². The summed E-state index contributed by atoms with van der Waals surface area (Å²) in [6.07, 6.45) is 0.500. The molecule has 24 valence electrons. The van der Waals surface area contributed by atoms with E-state index in [0.29, 0.717) is 6.08 Å². The lowest BCUT2D eigenvalue weighted by Gasteiger charge is -1.32. The van der Waals surface area contributed by atoms with Gasteiger partial charge in [0.2, 0.25) is 0 Å². The minimum absolute atomic E-state index is 0. The molecule has 0 bridgehead atoms. The topological polar surface area (TPSA) is 39.4 Å². The van der Waals surface area contributed by atoms with Gasteiger partial charge in [0, 0.05) is 0 Å². The molecule has 0 radical (unpaired) electrons. The van der Waals surface area contributed by atoms with E-state index in [-0.39, 0.29) is 7.43 Å². The molecule has 0 aliphatic carbocycles. The van der Waals surface area contributed by atoms with E-state index in [1.54, 1.807) is 0 Å². The fourth-order valence-electron chi connectivity index (χ4n) is 0. The molecule has 0 aromatic rings. The fraction of sp³-hybridized carbons (Fsp3) is 0.500. The molecule has 0 fully saturated rings. The van der Waals surface area contributed by atoms with Crippen LogP contribution in [-0.2, 0) is 4.79 Å². The second-order valence-corrected chi connectivity index (χ2v) is 0.0913. The second kappa shape index (κ2) is 31.4. The molecule has 2 nitrogen and oxygen atoms in total. The Labute approximate surface area is 25.0 Å². The maximum atomic E-state index is 8.24. The maximum Gasteiger partial charge on any atom is -0.0159 e. The summed E-state index contributed by atoms with van der Waals surface area (Å²) in [5, 5.41) is 6.76. The Kier molecular flexibility index (Phi) is 78.9. The van der Waals surface area contributed by atoms with E-state index in [1.165, 1.54) is 0 Å². The quantitative estimate of drug-likeness (QED) is 0.296. The number of nitrogens with zero attached hydrogens (tertiary/aromatic N) is 1. The molecular formula is C2H4NO-. The molecule has 0 heterocycles. The molecule has 0 atom stereocenters. The Morgan fingerprint density at radius 2 is 1.75 bits per heavy atom. The molecule has 0 unspecified atom stereocenters. The highest BCUT2D eigenvalue weighted by Crippen LogP contribution is 0.949. The van der Waals surface area contributed by atoms with Crippen LogP contribution >= 0.6 is 0 Å². The van der Waals surface area contributed by atoms with Gasteiger partial charge in [0.15, 0.2) is 0 Å². The summed E-state index contributed by atoms with van der Waals surface area (Å²) < 4.78 is 0. The second-order valence-electron chi connectivity index (χ2n) is 0.0913. The summed E-state index contributed by atoms with van der Waals surface area (Å²) in [5.74, 6) is 0. The zero-order chi connectivity index (χ0) is 2.71. The minimum atomic E-state index is 0. The van der Waals surface area contributed by atoms with Gasteiger partial charge in [0.05, 0.1) is 0 Å². The van der Waals surface area contributed by atoms with Crippen LogP contribution in [0.1, 0.15) is 7.43 Å². The molecule has 0 aromatic carbocycles. The van der Waals surface area contributed by atoms with E-state index < -0.39 is 0 Å². The van der Waals surface area contributed by atoms with E-state index in [1.807, 2.05) is 0 Å². The van der Waals surface area contributed by atoms with Gasteiger partial charge >= 0.3 is 0 Å². The molecule has 0 saturated heterocycles.